The van der Waals surface area contributed by atoms with E-state index < -0.39 is 23.5 Å². The molecule has 29 heavy (non-hydrogen) atoms. The molecule has 2 heterocycles. The highest BCUT2D eigenvalue weighted by Gasteiger charge is 2.36. The summed E-state index contributed by atoms with van der Waals surface area (Å²) < 4.78 is 11.2. The molecule has 2 aliphatic heterocycles. The first-order valence-electron chi connectivity index (χ1n) is 9.96. The molecule has 2 amide bonds. The Balaban J connectivity index is 1.67. The van der Waals surface area contributed by atoms with Gasteiger partial charge < -0.3 is 25.4 Å². The Hall–Kier alpha value is -2.61. The molecular formula is C21H29N3O5. The molecule has 158 valence electrons. The van der Waals surface area contributed by atoms with E-state index in [4.69, 9.17) is 15.2 Å². The Labute approximate surface area is 170 Å². The maximum atomic E-state index is 12.8. The van der Waals surface area contributed by atoms with E-state index in [0.29, 0.717) is 11.3 Å². The second-order valence-corrected chi connectivity index (χ2v) is 8.53. The summed E-state index contributed by atoms with van der Waals surface area (Å²) in [6, 6.07) is 4.47. The fourth-order valence-corrected chi connectivity index (χ4v) is 3.66. The summed E-state index contributed by atoms with van der Waals surface area (Å²) in [7, 11) is 0. The molecule has 0 bridgehead atoms. The molecule has 1 saturated heterocycles. The number of fused-ring (bicyclic) bond motifs is 1. The first-order chi connectivity index (χ1) is 13.6. The van der Waals surface area contributed by atoms with Gasteiger partial charge in [-0.1, -0.05) is 0 Å². The highest BCUT2D eigenvalue weighted by atomic mass is 16.6. The molecule has 3 N–H and O–H groups in total. The number of ether oxygens (including phenoxy) is 2. The quantitative estimate of drug-likeness (QED) is 0.665. The number of esters is 1. The smallest absolute Gasteiger partial charge is 0.306 e. The summed E-state index contributed by atoms with van der Waals surface area (Å²) in [4.78, 5) is 38.3. The first kappa shape index (κ1) is 21.1. The summed E-state index contributed by atoms with van der Waals surface area (Å²) in [5.74, 6) is -0.615. The number of primary amides is 1. The number of rotatable bonds is 7. The number of benzene rings is 1. The minimum Gasteiger partial charge on any atom is -0.489 e. The van der Waals surface area contributed by atoms with Crippen LogP contribution in [0.3, 0.4) is 0 Å². The third-order valence-electron chi connectivity index (χ3n) is 4.97. The largest absolute Gasteiger partial charge is 0.489 e. The van der Waals surface area contributed by atoms with Crippen LogP contribution >= 0.6 is 0 Å². The van der Waals surface area contributed by atoms with Crippen molar-refractivity contribution in [2.24, 2.45) is 5.73 Å². The number of nitrogens with zero attached hydrogens (tertiary/aromatic N) is 1. The fourth-order valence-electron chi connectivity index (χ4n) is 3.66. The summed E-state index contributed by atoms with van der Waals surface area (Å²) in [5.41, 5.74) is 6.27. The van der Waals surface area contributed by atoms with Gasteiger partial charge in [0.1, 0.15) is 23.5 Å². The summed E-state index contributed by atoms with van der Waals surface area (Å²) in [6.07, 6.45) is 1.19. The average Bonchev–Trinajstić information content (AvgIpc) is 3.22. The van der Waals surface area contributed by atoms with Crippen molar-refractivity contribution < 1.29 is 23.9 Å². The maximum absolute atomic E-state index is 12.8. The number of amides is 2. The predicted octanol–water partition coefficient (Wildman–Crippen LogP) is 1.36. The fraction of sp³-hybridized carbons (Fsp3) is 0.571. The SMILES string of the molecule is CC(C)(C)OC(=O)CCC(C(N)=O)N1Cc2cc(O[C@H]3CCNC3)ccc2C1=O. The highest BCUT2D eigenvalue weighted by Crippen LogP contribution is 2.30. The van der Waals surface area contributed by atoms with Gasteiger partial charge in [0, 0.05) is 25.1 Å². The van der Waals surface area contributed by atoms with E-state index in [1.54, 1.807) is 32.9 Å². The van der Waals surface area contributed by atoms with Crippen molar-refractivity contribution in [3.8, 4) is 5.75 Å². The van der Waals surface area contributed by atoms with Crippen LogP contribution in [0.2, 0.25) is 0 Å². The first-order valence-corrected chi connectivity index (χ1v) is 9.96. The minimum absolute atomic E-state index is 0.00798. The van der Waals surface area contributed by atoms with E-state index in [2.05, 4.69) is 5.32 Å². The predicted molar refractivity (Wildman–Crippen MR) is 106 cm³/mol. The molecule has 8 nitrogen and oxygen atoms in total. The molecule has 1 unspecified atom stereocenters. The van der Waals surface area contributed by atoms with Crippen molar-refractivity contribution in [2.45, 2.75) is 64.3 Å². The molecule has 8 heteroatoms. The molecule has 0 radical (unpaired) electrons. The molecule has 2 aliphatic rings. The molecule has 0 saturated carbocycles. The monoisotopic (exact) mass is 403 g/mol. The van der Waals surface area contributed by atoms with Crippen molar-refractivity contribution in [1.82, 2.24) is 10.2 Å². The Morgan fingerprint density at radius 2 is 2.10 bits per heavy atom. The van der Waals surface area contributed by atoms with Gasteiger partial charge in [0.05, 0.1) is 0 Å². The van der Waals surface area contributed by atoms with Crippen molar-refractivity contribution >= 4 is 17.8 Å². The lowest BCUT2D eigenvalue weighted by atomic mass is 10.1. The zero-order valence-electron chi connectivity index (χ0n) is 17.2. The number of hydrogen-bond acceptors (Lipinski definition) is 6. The summed E-state index contributed by atoms with van der Waals surface area (Å²) >= 11 is 0. The topological polar surface area (TPSA) is 111 Å². The van der Waals surface area contributed by atoms with Crippen molar-refractivity contribution in [3.63, 3.8) is 0 Å². The van der Waals surface area contributed by atoms with Crippen molar-refractivity contribution in [3.05, 3.63) is 29.3 Å². The van der Waals surface area contributed by atoms with E-state index in [1.165, 1.54) is 4.90 Å². The van der Waals surface area contributed by atoms with Gasteiger partial charge in [-0.05, 0) is 63.9 Å². The van der Waals surface area contributed by atoms with Crippen LogP contribution in [-0.2, 0) is 20.9 Å². The maximum Gasteiger partial charge on any atom is 0.306 e. The van der Waals surface area contributed by atoms with Crippen LogP contribution < -0.4 is 15.8 Å². The molecule has 1 aromatic rings. The van der Waals surface area contributed by atoms with E-state index in [9.17, 15) is 14.4 Å². The van der Waals surface area contributed by atoms with Crippen LogP contribution in [0.4, 0.5) is 0 Å². The van der Waals surface area contributed by atoms with Gasteiger partial charge in [-0.15, -0.1) is 0 Å². The van der Waals surface area contributed by atoms with E-state index in [1.807, 2.05) is 6.07 Å². The molecule has 0 aliphatic carbocycles. The van der Waals surface area contributed by atoms with E-state index >= 15 is 0 Å². The van der Waals surface area contributed by atoms with Gasteiger partial charge in [0.25, 0.3) is 5.91 Å². The number of carbonyl (C=O) groups is 3. The van der Waals surface area contributed by atoms with Gasteiger partial charge in [-0.3, -0.25) is 14.4 Å². The van der Waals surface area contributed by atoms with Crippen LogP contribution in [-0.4, -0.2) is 53.5 Å². The standard InChI is InChI=1S/C21H29N3O5/c1-21(2,3)29-18(25)7-6-17(19(22)26)24-12-13-10-14(4-5-16(13)20(24)27)28-15-8-9-23-11-15/h4-5,10,15,17,23H,6-9,11-12H2,1-3H3,(H2,22,26)/t15-,17?/m0/s1. The van der Waals surface area contributed by atoms with E-state index in [-0.39, 0.29) is 31.4 Å². The van der Waals surface area contributed by atoms with Crippen molar-refractivity contribution in [1.29, 1.82) is 0 Å². The Bertz CT molecular complexity index is 796. The summed E-state index contributed by atoms with van der Waals surface area (Å²) in [6.45, 7) is 7.32. The van der Waals surface area contributed by atoms with Crippen LogP contribution in [0, 0.1) is 0 Å². The van der Waals surface area contributed by atoms with Crippen LogP contribution in [0.1, 0.15) is 56.0 Å². The van der Waals surface area contributed by atoms with Crippen molar-refractivity contribution in [2.75, 3.05) is 13.1 Å². The zero-order chi connectivity index (χ0) is 21.2. The zero-order valence-corrected chi connectivity index (χ0v) is 17.2. The van der Waals surface area contributed by atoms with Crippen LogP contribution in [0.15, 0.2) is 18.2 Å². The lowest BCUT2D eigenvalue weighted by molar-refractivity contribution is -0.155. The summed E-state index contributed by atoms with van der Waals surface area (Å²) in [5, 5.41) is 3.25. The molecule has 1 fully saturated rings. The number of nitrogens with one attached hydrogen (secondary N) is 1. The van der Waals surface area contributed by atoms with Crippen LogP contribution in [0.25, 0.3) is 0 Å². The minimum atomic E-state index is -0.870. The lowest BCUT2D eigenvalue weighted by Gasteiger charge is -2.25. The Kier molecular flexibility index (Phi) is 6.12. The van der Waals surface area contributed by atoms with Gasteiger partial charge in [0.2, 0.25) is 5.91 Å². The molecule has 0 spiro atoms. The number of hydrogen-bond donors (Lipinski definition) is 2. The average molecular weight is 403 g/mol. The van der Waals surface area contributed by atoms with Gasteiger partial charge >= 0.3 is 5.97 Å². The number of carbonyl (C=O) groups excluding carboxylic acids is 3. The third kappa shape index (κ3) is 5.26. The third-order valence-corrected chi connectivity index (χ3v) is 4.97. The second-order valence-electron chi connectivity index (χ2n) is 8.53. The normalized spacial score (nSPS) is 19.8. The van der Waals surface area contributed by atoms with Crippen LogP contribution in [0.5, 0.6) is 5.75 Å². The highest BCUT2D eigenvalue weighted by molar-refractivity contribution is 6.01. The van der Waals surface area contributed by atoms with Gasteiger partial charge in [0.15, 0.2) is 0 Å². The Morgan fingerprint density at radius 1 is 1.34 bits per heavy atom. The molecular weight excluding hydrogens is 374 g/mol. The molecule has 2 atom stereocenters. The molecule has 3 rings (SSSR count). The molecule has 0 aromatic heterocycles. The molecule has 1 aromatic carbocycles. The van der Waals surface area contributed by atoms with E-state index in [0.717, 1.165) is 25.1 Å². The van der Waals surface area contributed by atoms with Gasteiger partial charge in [-0.25, -0.2) is 0 Å². The lowest BCUT2D eigenvalue weighted by Crippen LogP contribution is -2.45. The van der Waals surface area contributed by atoms with Gasteiger partial charge in [-0.2, -0.15) is 0 Å². The second kappa shape index (κ2) is 8.41. The Morgan fingerprint density at radius 3 is 2.72 bits per heavy atom. The number of nitrogens with two attached hydrogens (primary N) is 1.